The first kappa shape index (κ1) is 14.1. The maximum Gasteiger partial charge on any atom is 0.0547 e. The zero-order chi connectivity index (χ0) is 14.9. The van der Waals surface area contributed by atoms with Gasteiger partial charge in [0.05, 0.1) is 5.69 Å². The Morgan fingerprint density at radius 2 is 1.86 bits per heavy atom. The lowest BCUT2D eigenvalue weighted by molar-refractivity contribution is 0.291. The van der Waals surface area contributed by atoms with Gasteiger partial charge in [0, 0.05) is 29.9 Å². The van der Waals surface area contributed by atoms with E-state index in [0.717, 1.165) is 30.2 Å². The minimum Gasteiger partial charge on any atom is -0.399 e. The van der Waals surface area contributed by atoms with E-state index < -0.39 is 0 Å². The van der Waals surface area contributed by atoms with Gasteiger partial charge >= 0.3 is 0 Å². The van der Waals surface area contributed by atoms with Crippen molar-refractivity contribution in [1.82, 2.24) is 9.88 Å². The van der Waals surface area contributed by atoms with Crippen LogP contribution in [0.15, 0.2) is 42.5 Å². The zero-order valence-corrected chi connectivity index (χ0v) is 12.8. The van der Waals surface area contributed by atoms with Gasteiger partial charge in [0.25, 0.3) is 0 Å². The summed E-state index contributed by atoms with van der Waals surface area (Å²) in [5.41, 5.74) is 10.6. The third-order valence-electron chi connectivity index (χ3n) is 4.33. The molecule has 0 aliphatic heterocycles. The van der Waals surface area contributed by atoms with Gasteiger partial charge in [-0.15, -0.1) is 0 Å². The van der Waals surface area contributed by atoms with Crippen molar-refractivity contribution in [2.75, 3.05) is 19.3 Å². The summed E-state index contributed by atoms with van der Waals surface area (Å²) < 4.78 is 0. The molecule has 1 aliphatic carbocycles. The third-order valence-corrected chi connectivity index (χ3v) is 4.33. The van der Waals surface area contributed by atoms with E-state index in [2.05, 4.69) is 41.2 Å². The van der Waals surface area contributed by atoms with Gasteiger partial charge in [-0.25, -0.2) is 0 Å². The van der Waals surface area contributed by atoms with E-state index >= 15 is 0 Å². The van der Waals surface area contributed by atoms with E-state index in [9.17, 15) is 0 Å². The lowest BCUT2D eigenvalue weighted by Crippen LogP contribution is -2.29. The van der Waals surface area contributed by atoms with Crippen molar-refractivity contribution >= 4 is 5.69 Å². The highest BCUT2D eigenvalue weighted by Gasteiger charge is 2.44. The summed E-state index contributed by atoms with van der Waals surface area (Å²) in [7, 11) is 2.18. The molecule has 1 aromatic carbocycles. The number of pyridine rings is 1. The largest absolute Gasteiger partial charge is 0.399 e. The molecule has 0 atom stereocenters. The van der Waals surface area contributed by atoms with E-state index in [4.69, 9.17) is 5.73 Å². The van der Waals surface area contributed by atoms with Gasteiger partial charge in [-0.05, 0) is 56.6 Å². The number of benzene rings is 1. The smallest absolute Gasteiger partial charge is 0.0547 e. The quantitative estimate of drug-likeness (QED) is 0.856. The summed E-state index contributed by atoms with van der Waals surface area (Å²) in [5, 5.41) is 0. The molecule has 0 amide bonds. The number of nitrogens with two attached hydrogens (primary N) is 1. The summed E-state index contributed by atoms with van der Waals surface area (Å²) in [5.74, 6) is 0. The summed E-state index contributed by atoms with van der Waals surface area (Å²) in [6.45, 7) is 4.02. The van der Waals surface area contributed by atoms with Gasteiger partial charge in [0.2, 0.25) is 0 Å². The molecule has 0 spiro atoms. The van der Waals surface area contributed by atoms with Crippen LogP contribution in [0.25, 0.3) is 0 Å². The molecule has 21 heavy (non-hydrogen) atoms. The minimum atomic E-state index is 0.326. The Bertz CT molecular complexity index is 615. The summed E-state index contributed by atoms with van der Waals surface area (Å²) in [4.78, 5) is 6.97. The molecule has 110 valence electrons. The van der Waals surface area contributed by atoms with E-state index in [1.165, 1.54) is 18.4 Å². The van der Waals surface area contributed by atoms with E-state index in [1.807, 2.05) is 25.1 Å². The standard InChI is InChI=1S/C18H23N3/c1-14-4-3-5-17(20-14)12-21(2)13-18(10-11-18)15-6-8-16(19)9-7-15/h3-9H,10-13,19H2,1-2H3. The van der Waals surface area contributed by atoms with Crippen LogP contribution in [-0.2, 0) is 12.0 Å². The number of rotatable bonds is 5. The Kier molecular flexibility index (Phi) is 3.68. The number of hydrogen-bond acceptors (Lipinski definition) is 3. The monoisotopic (exact) mass is 281 g/mol. The number of aromatic nitrogens is 1. The van der Waals surface area contributed by atoms with Crippen LogP contribution >= 0.6 is 0 Å². The Morgan fingerprint density at radius 3 is 2.48 bits per heavy atom. The van der Waals surface area contributed by atoms with Crippen molar-refractivity contribution in [3.8, 4) is 0 Å². The van der Waals surface area contributed by atoms with Gasteiger partial charge in [-0.2, -0.15) is 0 Å². The number of likely N-dealkylation sites (N-methyl/N-ethyl adjacent to an activating group) is 1. The lowest BCUT2D eigenvalue weighted by atomic mass is 9.95. The SMILES string of the molecule is Cc1cccc(CN(C)CC2(c3ccc(N)cc3)CC2)n1. The molecule has 3 heteroatoms. The Morgan fingerprint density at radius 1 is 1.14 bits per heavy atom. The third kappa shape index (κ3) is 3.24. The molecule has 2 aromatic rings. The molecule has 1 heterocycles. The highest BCUT2D eigenvalue weighted by molar-refractivity contribution is 5.43. The molecular weight excluding hydrogens is 258 g/mol. The Hall–Kier alpha value is -1.87. The highest BCUT2D eigenvalue weighted by atomic mass is 15.1. The minimum absolute atomic E-state index is 0.326. The van der Waals surface area contributed by atoms with Crippen LogP contribution in [0.2, 0.25) is 0 Å². The second kappa shape index (κ2) is 5.49. The molecule has 3 nitrogen and oxygen atoms in total. The van der Waals surface area contributed by atoms with Crippen molar-refractivity contribution in [2.24, 2.45) is 0 Å². The fraction of sp³-hybridized carbons (Fsp3) is 0.389. The van der Waals surface area contributed by atoms with Gasteiger partial charge in [-0.1, -0.05) is 18.2 Å². The average molecular weight is 281 g/mol. The predicted octanol–water partition coefficient (Wildman–Crippen LogP) is 3.14. The highest BCUT2D eigenvalue weighted by Crippen LogP contribution is 2.48. The van der Waals surface area contributed by atoms with Crippen molar-refractivity contribution in [3.05, 3.63) is 59.4 Å². The second-order valence-corrected chi connectivity index (χ2v) is 6.34. The fourth-order valence-corrected chi connectivity index (χ4v) is 3.06. The molecule has 1 fully saturated rings. The van der Waals surface area contributed by atoms with Crippen molar-refractivity contribution < 1.29 is 0 Å². The molecule has 1 aromatic heterocycles. The normalized spacial score (nSPS) is 16.1. The lowest BCUT2D eigenvalue weighted by Gasteiger charge is -2.24. The van der Waals surface area contributed by atoms with Gasteiger partial charge in [0.1, 0.15) is 0 Å². The Labute approximate surface area is 126 Å². The first-order valence-corrected chi connectivity index (χ1v) is 7.55. The number of nitrogen functional groups attached to an aromatic ring is 1. The summed E-state index contributed by atoms with van der Waals surface area (Å²) in [6, 6.07) is 14.6. The second-order valence-electron chi connectivity index (χ2n) is 6.34. The maximum absolute atomic E-state index is 5.79. The first-order chi connectivity index (χ1) is 10.1. The molecule has 0 saturated heterocycles. The number of aryl methyl sites for hydroxylation is 1. The van der Waals surface area contributed by atoms with Gasteiger partial charge in [0.15, 0.2) is 0 Å². The van der Waals surface area contributed by atoms with Crippen LogP contribution in [0.5, 0.6) is 0 Å². The van der Waals surface area contributed by atoms with Gasteiger partial charge < -0.3 is 5.73 Å². The van der Waals surface area contributed by atoms with Crippen LogP contribution in [0.3, 0.4) is 0 Å². The van der Waals surface area contributed by atoms with Crippen LogP contribution in [-0.4, -0.2) is 23.5 Å². The molecule has 0 unspecified atom stereocenters. The topological polar surface area (TPSA) is 42.1 Å². The summed E-state index contributed by atoms with van der Waals surface area (Å²) >= 11 is 0. The number of nitrogens with zero attached hydrogens (tertiary/aromatic N) is 2. The first-order valence-electron chi connectivity index (χ1n) is 7.55. The van der Waals surface area contributed by atoms with Crippen LogP contribution in [0.4, 0.5) is 5.69 Å². The van der Waals surface area contributed by atoms with E-state index in [0.29, 0.717) is 5.41 Å². The van der Waals surface area contributed by atoms with Crippen LogP contribution in [0, 0.1) is 6.92 Å². The molecule has 0 radical (unpaired) electrons. The number of anilines is 1. The van der Waals surface area contributed by atoms with Gasteiger partial charge in [-0.3, -0.25) is 9.88 Å². The molecule has 0 bridgehead atoms. The molecule has 1 saturated carbocycles. The summed E-state index contributed by atoms with van der Waals surface area (Å²) in [6.07, 6.45) is 2.53. The Balaban J connectivity index is 1.67. The van der Waals surface area contributed by atoms with E-state index in [-0.39, 0.29) is 0 Å². The van der Waals surface area contributed by atoms with Crippen molar-refractivity contribution in [2.45, 2.75) is 31.7 Å². The van der Waals surface area contributed by atoms with E-state index in [1.54, 1.807) is 0 Å². The molecular formula is C18H23N3. The maximum atomic E-state index is 5.79. The number of hydrogen-bond donors (Lipinski definition) is 1. The van der Waals surface area contributed by atoms with Crippen molar-refractivity contribution in [1.29, 1.82) is 0 Å². The zero-order valence-electron chi connectivity index (χ0n) is 12.8. The van der Waals surface area contributed by atoms with Crippen LogP contribution in [0.1, 0.15) is 29.8 Å². The average Bonchev–Trinajstić information content (AvgIpc) is 3.20. The van der Waals surface area contributed by atoms with Crippen LogP contribution < -0.4 is 5.73 Å². The molecule has 3 rings (SSSR count). The fourth-order valence-electron chi connectivity index (χ4n) is 3.06. The predicted molar refractivity (Wildman–Crippen MR) is 87.1 cm³/mol. The molecule has 1 aliphatic rings. The molecule has 2 N–H and O–H groups in total. The van der Waals surface area contributed by atoms with Crippen molar-refractivity contribution in [3.63, 3.8) is 0 Å².